The van der Waals surface area contributed by atoms with Crippen LogP contribution in [0.5, 0.6) is 11.5 Å². The van der Waals surface area contributed by atoms with Crippen LogP contribution in [-0.2, 0) is 0 Å². The molecule has 1 aromatic carbocycles. The first-order chi connectivity index (χ1) is 12.5. The van der Waals surface area contributed by atoms with E-state index < -0.39 is 0 Å². The third kappa shape index (κ3) is 4.50. The number of ether oxygens (including phenoxy) is 2. The molecule has 1 aromatic heterocycles. The second kappa shape index (κ2) is 7.86. The predicted molar refractivity (Wildman–Crippen MR) is 100 cm³/mol. The van der Waals surface area contributed by atoms with Crippen LogP contribution in [0.4, 0.5) is 0 Å². The Morgan fingerprint density at radius 3 is 1.81 bits per heavy atom. The summed E-state index contributed by atoms with van der Waals surface area (Å²) in [5, 5.41) is 14.8. The SMILES string of the molecule is N=C(N)c1ccc(O[C@H]2CC[C@@H](Oc3ccc(C(=N)N)nc3)CC2)cc1. The van der Waals surface area contributed by atoms with E-state index in [-0.39, 0.29) is 23.9 Å². The van der Waals surface area contributed by atoms with Crippen LogP contribution in [0.2, 0.25) is 0 Å². The van der Waals surface area contributed by atoms with E-state index in [1.807, 2.05) is 12.1 Å². The summed E-state index contributed by atoms with van der Waals surface area (Å²) in [6.45, 7) is 0. The zero-order valence-electron chi connectivity index (χ0n) is 14.4. The normalized spacial score (nSPS) is 19.5. The van der Waals surface area contributed by atoms with Crippen LogP contribution in [0.3, 0.4) is 0 Å². The number of nitrogens with two attached hydrogens (primary N) is 2. The van der Waals surface area contributed by atoms with Crippen LogP contribution >= 0.6 is 0 Å². The molecule has 1 aliphatic carbocycles. The largest absolute Gasteiger partial charge is 0.490 e. The van der Waals surface area contributed by atoms with Gasteiger partial charge >= 0.3 is 0 Å². The van der Waals surface area contributed by atoms with E-state index in [2.05, 4.69) is 4.98 Å². The number of rotatable bonds is 6. The van der Waals surface area contributed by atoms with Gasteiger partial charge in [0.15, 0.2) is 0 Å². The molecule has 0 saturated heterocycles. The van der Waals surface area contributed by atoms with Crippen LogP contribution in [0.15, 0.2) is 42.6 Å². The Labute approximate surface area is 152 Å². The Morgan fingerprint density at radius 2 is 1.35 bits per heavy atom. The Kier molecular flexibility index (Phi) is 5.36. The average molecular weight is 353 g/mol. The van der Waals surface area contributed by atoms with Gasteiger partial charge in [-0.15, -0.1) is 0 Å². The van der Waals surface area contributed by atoms with Crippen molar-refractivity contribution in [1.82, 2.24) is 4.98 Å². The molecule has 1 saturated carbocycles. The standard InChI is InChI=1S/C19H23N5O2/c20-18(21)12-1-3-13(4-2-12)25-14-5-7-15(8-6-14)26-16-9-10-17(19(22)23)24-11-16/h1-4,9-11,14-15H,5-8H2,(H3,20,21)(H3,22,23)/t14-,15+. The number of amidine groups is 2. The molecule has 0 aliphatic heterocycles. The van der Waals surface area contributed by atoms with Crippen molar-refractivity contribution in [3.8, 4) is 11.5 Å². The van der Waals surface area contributed by atoms with Gasteiger partial charge in [0.2, 0.25) is 0 Å². The van der Waals surface area contributed by atoms with Crippen molar-refractivity contribution in [3.63, 3.8) is 0 Å². The van der Waals surface area contributed by atoms with E-state index in [0.717, 1.165) is 31.4 Å². The molecule has 0 bridgehead atoms. The van der Waals surface area contributed by atoms with E-state index in [0.29, 0.717) is 17.0 Å². The van der Waals surface area contributed by atoms with Crippen LogP contribution in [-0.4, -0.2) is 28.9 Å². The third-order valence-corrected chi connectivity index (χ3v) is 4.40. The van der Waals surface area contributed by atoms with Gasteiger partial charge in [-0.1, -0.05) is 0 Å². The number of pyridine rings is 1. The fraction of sp³-hybridized carbons (Fsp3) is 0.316. The zero-order valence-corrected chi connectivity index (χ0v) is 14.4. The summed E-state index contributed by atoms with van der Waals surface area (Å²) in [6, 6.07) is 10.8. The van der Waals surface area contributed by atoms with E-state index in [4.69, 9.17) is 31.8 Å². The molecular weight excluding hydrogens is 330 g/mol. The fourth-order valence-corrected chi connectivity index (χ4v) is 2.98. The van der Waals surface area contributed by atoms with Crippen LogP contribution in [0, 0.1) is 10.8 Å². The Hall–Kier alpha value is -3.09. The minimum Gasteiger partial charge on any atom is -0.490 e. The number of nitrogens with zero attached hydrogens (tertiary/aromatic N) is 1. The summed E-state index contributed by atoms with van der Waals surface area (Å²) >= 11 is 0. The van der Waals surface area contributed by atoms with Gasteiger partial charge < -0.3 is 20.9 Å². The third-order valence-electron chi connectivity index (χ3n) is 4.40. The zero-order chi connectivity index (χ0) is 18.5. The van der Waals surface area contributed by atoms with Gasteiger partial charge in [0.1, 0.15) is 28.9 Å². The lowest BCUT2D eigenvalue weighted by Crippen LogP contribution is -2.30. The predicted octanol–water partition coefficient (Wildman–Crippen LogP) is 2.42. The van der Waals surface area contributed by atoms with Crippen molar-refractivity contribution in [2.75, 3.05) is 0 Å². The van der Waals surface area contributed by atoms with Crippen LogP contribution < -0.4 is 20.9 Å². The Balaban J connectivity index is 1.47. The maximum absolute atomic E-state index is 7.41. The summed E-state index contributed by atoms with van der Waals surface area (Å²) in [6.07, 6.45) is 5.55. The Morgan fingerprint density at radius 1 is 0.808 bits per heavy atom. The van der Waals surface area contributed by atoms with Crippen LogP contribution in [0.1, 0.15) is 36.9 Å². The fourth-order valence-electron chi connectivity index (χ4n) is 2.98. The highest BCUT2D eigenvalue weighted by atomic mass is 16.5. The Bertz CT molecular complexity index is 698. The molecule has 1 heterocycles. The number of benzene rings is 1. The summed E-state index contributed by atoms with van der Waals surface area (Å²) < 4.78 is 12.0. The molecule has 0 atom stereocenters. The monoisotopic (exact) mass is 353 g/mol. The topological polar surface area (TPSA) is 131 Å². The van der Waals surface area contributed by atoms with Crippen molar-refractivity contribution in [1.29, 1.82) is 10.8 Å². The molecule has 0 spiro atoms. The van der Waals surface area contributed by atoms with E-state index in [1.165, 1.54) is 0 Å². The molecule has 0 unspecified atom stereocenters. The highest BCUT2D eigenvalue weighted by Crippen LogP contribution is 2.27. The van der Waals surface area contributed by atoms with E-state index >= 15 is 0 Å². The van der Waals surface area contributed by atoms with Gasteiger partial charge in [-0.05, 0) is 62.1 Å². The summed E-state index contributed by atoms with van der Waals surface area (Å²) in [4.78, 5) is 4.11. The maximum Gasteiger partial charge on any atom is 0.141 e. The minimum atomic E-state index is -0.0504. The molecule has 7 heteroatoms. The molecule has 7 nitrogen and oxygen atoms in total. The first kappa shape index (κ1) is 17.7. The lowest BCUT2D eigenvalue weighted by Gasteiger charge is -2.29. The molecule has 26 heavy (non-hydrogen) atoms. The van der Waals surface area contributed by atoms with E-state index in [9.17, 15) is 0 Å². The summed E-state index contributed by atoms with van der Waals surface area (Å²) in [7, 11) is 0. The van der Waals surface area contributed by atoms with Crippen molar-refractivity contribution in [2.45, 2.75) is 37.9 Å². The van der Waals surface area contributed by atoms with E-state index in [1.54, 1.807) is 30.5 Å². The van der Waals surface area contributed by atoms with Crippen LogP contribution in [0.25, 0.3) is 0 Å². The van der Waals surface area contributed by atoms with Crippen molar-refractivity contribution in [2.24, 2.45) is 11.5 Å². The molecule has 1 fully saturated rings. The second-order valence-corrected chi connectivity index (χ2v) is 6.37. The number of aromatic nitrogens is 1. The average Bonchev–Trinajstić information content (AvgIpc) is 2.64. The van der Waals surface area contributed by atoms with Crippen molar-refractivity contribution in [3.05, 3.63) is 53.9 Å². The van der Waals surface area contributed by atoms with Crippen molar-refractivity contribution >= 4 is 11.7 Å². The lowest BCUT2D eigenvalue weighted by atomic mass is 9.95. The highest BCUT2D eigenvalue weighted by molar-refractivity contribution is 5.95. The summed E-state index contributed by atoms with van der Waals surface area (Å²) in [5.41, 5.74) is 12.0. The van der Waals surface area contributed by atoms with Gasteiger partial charge in [0.05, 0.1) is 18.4 Å². The molecule has 1 aliphatic rings. The molecule has 0 amide bonds. The first-order valence-corrected chi connectivity index (χ1v) is 8.59. The van der Waals surface area contributed by atoms with Gasteiger partial charge in [0, 0.05) is 5.56 Å². The molecule has 0 radical (unpaired) electrons. The minimum absolute atomic E-state index is 0.0504. The first-order valence-electron chi connectivity index (χ1n) is 8.59. The molecule has 3 rings (SSSR count). The lowest BCUT2D eigenvalue weighted by molar-refractivity contribution is 0.0804. The van der Waals surface area contributed by atoms with Gasteiger partial charge in [-0.2, -0.15) is 0 Å². The molecule has 136 valence electrons. The number of nitrogen functional groups attached to an aromatic ring is 2. The highest BCUT2D eigenvalue weighted by Gasteiger charge is 2.23. The molecule has 2 aromatic rings. The van der Waals surface area contributed by atoms with Gasteiger partial charge in [-0.3, -0.25) is 10.8 Å². The molecule has 6 N–H and O–H groups in total. The number of nitrogens with one attached hydrogen (secondary N) is 2. The second-order valence-electron chi connectivity index (χ2n) is 6.37. The number of hydrogen-bond donors (Lipinski definition) is 4. The van der Waals surface area contributed by atoms with Gasteiger partial charge in [0.25, 0.3) is 0 Å². The number of hydrogen-bond acceptors (Lipinski definition) is 5. The quantitative estimate of drug-likeness (QED) is 0.468. The summed E-state index contributed by atoms with van der Waals surface area (Å²) in [5.74, 6) is 1.49. The maximum atomic E-state index is 7.41. The smallest absolute Gasteiger partial charge is 0.141 e. The van der Waals surface area contributed by atoms with Gasteiger partial charge in [-0.25, -0.2) is 4.98 Å². The van der Waals surface area contributed by atoms with Crippen molar-refractivity contribution < 1.29 is 9.47 Å². The molecular formula is C19H23N5O2.